The van der Waals surface area contributed by atoms with Crippen molar-refractivity contribution in [2.24, 2.45) is 0 Å². The van der Waals surface area contributed by atoms with E-state index in [1.54, 1.807) is 0 Å². The van der Waals surface area contributed by atoms with Crippen LogP contribution < -0.4 is 0 Å². The van der Waals surface area contributed by atoms with E-state index in [2.05, 4.69) is 38.1 Å². The first-order valence-corrected chi connectivity index (χ1v) is 6.37. The van der Waals surface area contributed by atoms with Crippen LogP contribution in [0.4, 0.5) is 0 Å². The third kappa shape index (κ3) is 4.74. The van der Waals surface area contributed by atoms with Gasteiger partial charge in [0.15, 0.2) is 0 Å². The Bertz CT molecular complexity index is 416. The first-order valence-electron chi connectivity index (χ1n) is 6.37. The minimum atomic E-state index is -0.852. The predicted molar refractivity (Wildman–Crippen MR) is 74.7 cm³/mol. The highest BCUT2D eigenvalue weighted by molar-refractivity contribution is 5.80. The van der Waals surface area contributed by atoms with Gasteiger partial charge >= 0.3 is 5.97 Å². The number of aliphatic carboxylic acids is 1. The molecule has 2 heteroatoms. The minimum Gasteiger partial charge on any atom is -0.478 e. The number of carboxylic acid groups (broad SMARTS) is 1. The fourth-order valence-electron chi connectivity index (χ4n) is 2.13. The maximum Gasteiger partial charge on any atom is 0.328 e. The van der Waals surface area contributed by atoms with E-state index in [0.717, 1.165) is 24.8 Å². The van der Waals surface area contributed by atoms with E-state index >= 15 is 0 Å². The zero-order valence-corrected chi connectivity index (χ0v) is 11.4. The van der Waals surface area contributed by atoms with Gasteiger partial charge in [-0.3, -0.25) is 0 Å². The van der Waals surface area contributed by atoms with Crippen LogP contribution in [0, 0.1) is 0 Å². The molecular formula is C16H22O2. The summed E-state index contributed by atoms with van der Waals surface area (Å²) >= 11 is 0. The van der Waals surface area contributed by atoms with Crippen LogP contribution in [0.1, 0.15) is 45.6 Å². The van der Waals surface area contributed by atoms with Gasteiger partial charge in [-0.05, 0) is 37.2 Å². The lowest BCUT2D eigenvalue weighted by atomic mass is 9.80. The van der Waals surface area contributed by atoms with Crippen molar-refractivity contribution in [1.82, 2.24) is 0 Å². The normalized spacial score (nSPS) is 12.5. The second-order valence-electron chi connectivity index (χ2n) is 5.43. The lowest BCUT2D eigenvalue weighted by Gasteiger charge is -2.25. The molecule has 98 valence electrons. The second-order valence-corrected chi connectivity index (χ2v) is 5.43. The number of carbonyl (C=O) groups is 1. The van der Waals surface area contributed by atoms with Gasteiger partial charge in [0.2, 0.25) is 0 Å². The number of carboxylic acids is 1. The van der Waals surface area contributed by atoms with Gasteiger partial charge in [-0.15, -0.1) is 0 Å². The van der Waals surface area contributed by atoms with Crippen LogP contribution in [0.15, 0.2) is 42.0 Å². The molecule has 0 heterocycles. The van der Waals surface area contributed by atoms with Crippen LogP contribution in [0.2, 0.25) is 0 Å². The maximum absolute atomic E-state index is 10.5. The van der Waals surface area contributed by atoms with Gasteiger partial charge in [0.05, 0.1) is 0 Å². The molecule has 18 heavy (non-hydrogen) atoms. The molecule has 0 radical (unpaired) electrons. The number of hydrogen-bond donors (Lipinski definition) is 1. The molecule has 0 aliphatic heterocycles. The summed E-state index contributed by atoms with van der Waals surface area (Å²) in [5.74, 6) is -0.852. The highest BCUT2D eigenvalue weighted by atomic mass is 16.4. The van der Waals surface area contributed by atoms with Gasteiger partial charge in [0.25, 0.3) is 0 Å². The van der Waals surface area contributed by atoms with Gasteiger partial charge in [-0.2, -0.15) is 0 Å². The monoisotopic (exact) mass is 246 g/mol. The Morgan fingerprint density at radius 3 is 2.44 bits per heavy atom. The van der Waals surface area contributed by atoms with Gasteiger partial charge in [-0.25, -0.2) is 4.79 Å². The predicted octanol–water partition coefficient (Wildman–Crippen LogP) is 4.17. The van der Waals surface area contributed by atoms with E-state index in [1.807, 2.05) is 13.0 Å². The smallest absolute Gasteiger partial charge is 0.328 e. The van der Waals surface area contributed by atoms with Crippen LogP contribution in [0.3, 0.4) is 0 Å². The molecule has 0 aliphatic carbocycles. The topological polar surface area (TPSA) is 37.3 Å². The molecule has 2 nitrogen and oxygen atoms in total. The Morgan fingerprint density at radius 2 is 1.89 bits per heavy atom. The molecule has 0 spiro atoms. The molecule has 0 unspecified atom stereocenters. The molecule has 0 saturated heterocycles. The van der Waals surface area contributed by atoms with Crippen LogP contribution in [0.5, 0.6) is 0 Å². The average Bonchev–Trinajstić information content (AvgIpc) is 2.29. The fourth-order valence-corrected chi connectivity index (χ4v) is 2.13. The van der Waals surface area contributed by atoms with Crippen molar-refractivity contribution in [2.45, 2.75) is 45.4 Å². The van der Waals surface area contributed by atoms with Crippen molar-refractivity contribution in [3.05, 3.63) is 47.5 Å². The molecule has 0 bridgehead atoms. The van der Waals surface area contributed by atoms with Crippen LogP contribution in [0.25, 0.3) is 0 Å². The molecule has 0 fully saturated rings. The maximum atomic E-state index is 10.5. The molecule has 1 aromatic rings. The summed E-state index contributed by atoms with van der Waals surface area (Å²) in [6.45, 7) is 6.35. The molecule has 1 rings (SSSR count). The number of benzene rings is 1. The molecule has 0 saturated carbocycles. The Balaban J connectivity index is 2.51. The zero-order valence-electron chi connectivity index (χ0n) is 11.4. The summed E-state index contributed by atoms with van der Waals surface area (Å²) in [6, 6.07) is 10.5. The Morgan fingerprint density at radius 1 is 1.28 bits per heavy atom. The average molecular weight is 246 g/mol. The van der Waals surface area contributed by atoms with Crippen molar-refractivity contribution in [3.8, 4) is 0 Å². The highest BCUT2D eigenvalue weighted by Crippen LogP contribution is 2.29. The van der Waals surface area contributed by atoms with Crippen LogP contribution in [-0.4, -0.2) is 11.1 Å². The van der Waals surface area contributed by atoms with E-state index in [-0.39, 0.29) is 5.41 Å². The molecule has 0 atom stereocenters. The van der Waals surface area contributed by atoms with E-state index in [0.29, 0.717) is 0 Å². The molecule has 1 N–H and O–H groups in total. The molecule has 0 aromatic heterocycles. The van der Waals surface area contributed by atoms with E-state index < -0.39 is 5.97 Å². The van der Waals surface area contributed by atoms with Gasteiger partial charge < -0.3 is 5.11 Å². The van der Waals surface area contributed by atoms with E-state index in [1.165, 1.54) is 11.6 Å². The lowest BCUT2D eigenvalue weighted by Crippen LogP contribution is -2.16. The third-order valence-corrected chi connectivity index (χ3v) is 3.30. The van der Waals surface area contributed by atoms with Gasteiger partial charge in [0, 0.05) is 6.08 Å². The number of allylic oxidation sites excluding steroid dienone is 1. The minimum absolute atomic E-state index is 0.144. The van der Waals surface area contributed by atoms with Crippen molar-refractivity contribution in [3.63, 3.8) is 0 Å². The summed E-state index contributed by atoms with van der Waals surface area (Å²) in [6.07, 6.45) is 4.22. The summed E-state index contributed by atoms with van der Waals surface area (Å²) in [5, 5.41) is 8.64. The largest absolute Gasteiger partial charge is 0.478 e. The quantitative estimate of drug-likeness (QED) is 0.765. The van der Waals surface area contributed by atoms with E-state index in [4.69, 9.17) is 5.11 Å². The van der Waals surface area contributed by atoms with E-state index in [9.17, 15) is 4.79 Å². The Labute approximate surface area is 109 Å². The fraction of sp³-hybridized carbons (Fsp3) is 0.438. The summed E-state index contributed by atoms with van der Waals surface area (Å²) < 4.78 is 0. The summed E-state index contributed by atoms with van der Waals surface area (Å²) in [4.78, 5) is 10.5. The van der Waals surface area contributed by atoms with Gasteiger partial charge in [0.1, 0.15) is 0 Å². The SMILES string of the molecule is C/C(=C/C(=O)O)CCCC(C)(C)c1ccccc1. The highest BCUT2D eigenvalue weighted by Gasteiger charge is 2.19. The Hall–Kier alpha value is -1.57. The Kier molecular flexibility index (Phi) is 5.14. The van der Waals surface area contributed by atoms with Crippen LogP contribution >= 0.6 is 0 Å². The first-order chi connectivity index (χ1) is 8.42. The standard InChI is InChI=1S/C16H22O2/c1-13(12-15(17)18)8-7-11-16(2,3)14-9-5-4-6-10-14/h4-6,9-10,12H,7-8,11H2,1-3H3,(H,17,18)/b13-12-. The molecule has 0 amide bonds. The van der Waals surface area contributed by atoms with Crippen molar-refractivity contribution in [1.29, 1.82) is 0 Å². The molecule has 1 aromatic carbocycles. The number of hydrogen-bond acceptors (Lipinski definition) is 1. The summed E-state index contributed by atoms with van der Waals surface area (Å²) in [5.41, 5.74) is 2.42. The van der Waals surface area contributed by atoms with Crippen LogP contribution in [-0.2, 0) is 10.2 Å². The zero-order chi connectivity index (χ0) is 13.6. The summed E-state index contributed by atoms with van der Waals surface area (Å²) in [7, 11) is 0. The third-order valence-electron chi connectivity index (χ3n) is 3.30. The van der Waals surface area contributed by atoms with Gasteiger partial charge in [-0.1, -0.05) is 49.8 Å². The van der Waals surface area contributed by atoms with Crippen molar-refractivity contribution in [2.75, 3.05) is 0 Å². The second kappa shape index (κ2) is 6.39. The van der Waals surface area contributed by atoms with Crippen molar-refractivity contribution < 1.29 is 9.90 Å². The number of rotatable bonds is 6. The molecule has 0 aliphatic rings. The lowest BCUT2D eigenvalue weighted by molar-refractivity contribution is -0.131. The first kappa shape index (κ1) is 14.5. The van der Waals surface area contributed by atoms with Crippen molar-refractivity contribution >= 4 is 5.97 Å². The molecular weight excluding hydrogens is 224 g/mol.